The summed E-state index contributed by atoms with van der Waals surface area (Å²) in [4.78, 5) is 19.0. The number of halogens is 1. The van der Waals surface area contributed by atoms with Crippen LogP contribution in [0.1, 0.15) is 33.3 Å². The summed E-state index contributed by atoms with van der Waals surface area (Å²) >= 11 is 0. The first-order valence-corrected chi connectivity index (χ1v) is 9.35. The topological polar surface area (TPSA) is 42.4 Å². The largest absolute Gasteiger partial charge is 0.368 e. The number of ether oxygens (including phenoxy) is 1. The first kappa shape index (κ1) is 18.3. The van der Waals surface area contributed by atoms with Crippen molar-refractivity contribution < 1.29 is 13.9 Å². The summed E-state index contributed by atoms with van der Waals surface area (Å²) in [5.41, 5.74) is 3.03. The summed E-state index contributed by atoms with van der Waals surface area (Å²) in [5, 5.41) is 0. The molecule has 1 aliphatic rings. The van der Waals surface area contributed by atoms with Crippen molar-refractivity contribution in [2.24, 2.45) is 0 Å². The van der Waals surface area contributed by atoms with Gasteiger partial charge in [-0.2, -0.15) is 0 Å². The lowest BCUT2D eigenvalue weighted by Gasteiger charge is -2.32. The molecule has 142 valence electrons. The number of rotatable bonds is 4. The second-order valence-electron chi connectivity index (χ2n) is 6.84. The van der Waals surface area contributed by atoms with Gasteiger partial charge >= 0.3 is 0 Å². The third-order valence-corrected chi connectivity index (χ3v) is 4.90. The van der Waals surface area contributed by atoms with Crippen molar-refractivity contribution in [1.82, 2.24) is 9.88 Å². The van der Waals surface area contributed by atoms with E-state index in [-0.39, 0.29) is 17.8 Å². The fourth-order valence-electron chi connectivity index (χ4n) is 3.37. The Kier molecular flexibility index (Phi) is 5.44. The molecule has 2 heterocycles. The molecule has 1 atom stereocenters. The first-order chi connectivity index (χ1) is 13.7. The van der Waals surface area contributed by atoms with Gasteiger partial charge in [-0.1, -0.05) is 42.5 Å². The number of carbonyl (C=O) groups excluding carboxylic acids is 1. The fraction of sp³-hybridized carbons (Fsp3) is 0.217. The van der Waals surface area contributed by atoms with Gasteiger partial charge in [0.15, 0.2) is 0 Å². The molecule has 1 unspecified atom stereocenters. The lowest BCUT2D eigenvalue weighted by atomic mass is 10.0. The summed E-state index contributed by atoms with van der Waals surface area (Å²) in [6, 6.07) is 19.9. The number of pyridine rings is 1. The number of morpholine rings is 1. The van der Waals surface area contributed by atoms with Crippen LogP contribution in [-0.2, 0) is 11.2 Å². The quantitative estimate of drug-likeness (QED) is 0.691. The van der Waals surface area contributed by atoms with Gasteiger partial charge in [0.2, 0.25) is 0 Å². The molecule has 5 heteroatoms. The van der Waals surface area contributed by atoms with Gasteiger partial charge in [-0.05, 0) is 35.4 Å². The molecule has 1 aromatic heterocycles. The van der Waals surface area contributed by atoms with E-state index < -0.39 is 0 Å². The molecule has 1 saturated heterocycles. The van der Waals surface area contributed by atoms with Crippen LogP contribution in [0.2, 0.25) is 0 Å². The van der Waals surface area contributed by atoms with Crippen LogP contribution in [0.4, 0.5) is 4.39 Å². The van der Waals surface area contributed by atoms with Crippen LogP contribution in [0, 0.1) is 5.82 Å². The van der Waals surface area contributed by atoms with Crippen LogP contribution in [0.25, 0.3) is 0 Å². The molecule has 0 saturated carbocycles. The summed E-state index contributed by atoms with van der Waals surface area (Å²) in [7, 11) is 0. The maximum atomic E-state index is 13.8. The number of benzene rings is 2. The molecule has 1 amide bonds. The minimum atomic E-state index is -0.260. The molecule has 4 rings (SSSR count). The standard InChI is InChI=1S/C23H21FN2O2/c24-20-9-5-4-8-19(20)14-17-10-11-21(25-15-17)22-16-26(12-13-28-22)23(27)18-6-2-1-3-7-18/h1-11,15,22H,12-14,16H2. The van der Waals surface area contributed by atoms with Gasteiger partial charge in [-0.15, -0.1) is 0 Å². The molecule has 0 bridgehead atoms. The first-order valence-electron chi connectivity index (χ1n) is 9.35. The molecule has 28 heavy (non-hydrogen) atoms. The van der Waals surface area contributed by atoms with Crippen molar-refractivity contribution in [3.05, 3.63) is 101 Å². The fourth-order valence-corrected chi connectivity index (χ4v) is 3.37. The lowest BCUT2D eigenvalue weighted by Crippen LogP contribution is -2.42. The third kappa shape index (κ3) is 4.10. The van der Waals surface area contributed by atoms with E-state index >= 15 is 0 Å². The molecular formula is C23H21FN2O2. The van der Waals surface area contributed by atoms with Crippen LogP contribution in [-0.4, -0.2) is 35.5 Å². The Morgan fingerprint density at radius 1 is 1.07 bits per heavy atom. The highest BCUT2D eigenvalue weighted by Gasteiger charge is 2.26. The average molecular weight is 376 g/mol. The number of hydrogen-bond donors (Lipinski definition) is 0. The third-order valence-electron chi connectivity index (χ3n) is 4.90. The van der Waals surface area contributed by atoms with E-state index in [1.54, 1.807) is 23.2 Å². The Bertz CT molecular complexity index is 944. The highest BCUT2D eigenvalue weighted by Crippen LogP contribution is 2.23. The molecule has 0 radical (unpaired) electrons. The molecule has 0 N–H and O–H groups in total. The van der Waals surface area contributed by atoms with Gasteiger partial charge in [0, 0.05) is 24.7 Å². The van der Waals surface area contributed by atoms with Crippen LogP contribution in [0.3, 0.4) is 0 Å². The Balaban J connectivity index is 1.44. The Morgan fingerprint density at radius 3 is 2.61 bits per heavy atom. The van der Waals surface area contributed by atoms with E-state index in [1.807, 2.05) is 48.5 Å². The van der Waals surface area contributed by atoms with E-state index in [1.165, 1.54) is 6.07 Å². The highest BCUT2D eigenvalue weighted by atomic mass is 19.1. The van der Waals surface area contributed by atoms with Gasteiger partial charge < -0.3 is 9.64 Å². The Morgan fingerprint density at radius 2 is 1.86 bits per heavy atom. The number of nitrogens with zero attached hydrogens (tertiary/aromatic N) is 2. The van der Waals surface area contributed by atoms with Crippen LogP contribution in [0.15, 0.2) is 72.9 Å². The van der Waals surface area contributed by atoms with Crippen molar-refractivity contribution in [1.29, 1.82) is 0 Å². The molecular weight excluding hydrogens is 355 g/mol. The van der Waals surface area contributed by atoms with E-state index in [9.17, 15) is 9.18 Å². The lowest BCUT2D eigenvalue weighted by molar-refractivity contribution is -0.0247. The van der Waals surface area contributed by atoms with Gasteiger partial charge in [0.1, 0.15) is 11.9 Å². The van der Waals surface area contributed by atoms with E-state index in [0.29, 0.717) is 37.2 Å². The number of amides is 1. The Labute approximate surface area is 163 Å². The van der Waals surface area contributed by atoms with Gasteiger partial charge in [0.05, 0.1) is 18.8 Å². The van der Waals surface area contributed by atoms with Crippen LogP contribution >= 0.6 is 0 Å². The minimum Gasteiger partial charge on any atom is -0.368 e. The highest BCUT2D eigenvalue weighted by molar-refractivity contribution is 5.94. The summed E-state index contributed by atoms with van der Waals surface area (Å²) in [6.07, 6.45) is 1.98. The average Bonchev–Trinajstić information content (AvgIpc) is 2.76. The smallest absolute Gasteiger partial charge is 0.254 e. The number of hydrogen-bond acceptors (Lipinski definition) is 3. The maximum absolute atomic E-state index is 13.8. The predicted molar refractivity (Wildman–Crippen MR) is 104 cm³/mol. The molecule has 2 aromatic carbocycles. The van der Waals surface area contributed by atoms with Crippen molar-refractivity contribution in [3.8, 4) is 0 Å². The summed E-state index contributed by atoms with van der Waals surface area (Å²) in [6.45, 7) is 1.50. The van der Waals surface area contributed by atoms with Gasteiger partial charge in [-0.3, -0.25) is 9.78 Å². The number of carbonyl (C=O) groups is 1. The minimum absolute atomic E-state index is 0.00470. The van der Waals surface area contributed by atoms with E-state index in [0.717, 1.165) is 11.3 Å². The molecule has 1 aliphatic heterocycles. The van der Waals surface area contributed by atoms with Gasteiger partial charge in [-0.25, -0.2) is 4.39 Å². The number of aromatic nitrogens is 1. The van der Waals surface area contributed by atoms with Crippen molar-refractivity contribution in [2.45, 2.75) is 12.5 Å². The van der Waals surface area contributed by atoms with Crippen molar-refractivity contribution >= 4 is 5.91 Å². The molecule has 4 nitrogen and oxygen atoms in total. The summed E-state index contributed by atoms with van der Waals surface area (Å²) < 4.78 is 19.7. The SMILES string of the molecule is O=C(c1ccccc1)N1CCOC(c2ccc(Cc3ccccc3F)cn2)C1. The second-order valence-corrected chi connectivity index (χ2v) is 6.84. The molecule has 3 aromatic rings. The van der Waals surface area contributed by atoms with Crippen molar-refractivity contribution in [3.63, 3.8) is 0 Å². The summed E-state index contributed by atoms with van der Waals surface area (Å²) in [5.74, 6) is -0.206. The molecule has 0 spiro atoms. The zero-order chi connectivity index (χ0) is 19.3. The Hall–Kier alpha value is -3.05. The maximum Gasteiger partial charge on any atom is 0.254 e. The van der Waals surface area contributed by atoms with E-state index in [2.05, 4.69) is 4.98 Å². The zero-order valence-corrected chi connectivity index (χ0v) is 15.4. The van der Waals surface area contributed by atoms with Gasteiger partial charge in [0.25, 0.3) is 5.91 Å². The van der Waals surface area contributed by atoms with Crippen LogP contribution in [0.5, 0.6) is 0 Å². The molecule has 1 fully saturated rings. The van der Waals surface area contributed by atoms with Crippen molar-refractivity contribution in [2.75, 3.05) is 19.7 Å². The monoisotopic (exact) mass is 376 g/mol. The zero-order valence-electron chi connectivity index (χ0n) is 15.4. The van der Waals surface area contributed by atoms with Crippen LogP contribution < -0.4 is 0 Å². The second kappa shape index (κ2) is 8.31. The predicted octanol–water partition coefficient (Wildman–Crippen LogP) is 4.03. The normalized spacial score (nSPS) is 16.8. The molecule has 0 aliphatic carbocycles. The van der Waals surface area contributed by atoms with E-state index in [4.69, 9.17) is 4.74 Å².